The monoisotopic (exact) mass is 328 g/mol. The molecule has 1 fully saturated rings. The number of nitrogens with zero attached hydrogens (tertiary/aromatic N) is 1. The first-order valence-corrected chi connectivity index (χ1v) is 8.25. The number of benzene rings is 1. The molecule has 0 saturated carbocycles. The summed E-state index contributed by atoms with van der Waals surface area (Å²) in [6.45, 7) is 0.643. The Bertz CT molecular complexity index is 593. The average Bonchev–Trinajstić information content (AvgIpc) is 2.67. The van der Waals surface area contributed by atoms with Gasteiger partial charge in [0.05, 0.1) is 23.1 Å². The molecule has 1 heterocycles. The summed E-state index contributed by atoms with van der Waals surface area (Å²) in [7, 11) is -2.82. The minimum Gasteiger partial charge on any atom is -0.384 e. The Morgan fingerprint density at radius 1 is 1.50 bits per heavy atom. The van der Waals surface area contributed by atoms with Crippen LogP contribution in [0, 0.1) is 17.2 Å². The lowest BCUT2D eigenvalue weighted by Crippen LogP contribution is -2.15. The number of sulfone groups is 1. The van der Waals surface area contributed by atoms with Crippen LogP contribution >= 0.6 is 15.9 Å². The third-order valence-corrected chi connectivity index (χ3v) is 5.50. The Morgan fingerprint density at radius 3 is 2.83 bits per heavy atom. The van der Waals surface area contributed by atoms with Crippen LogP contribution < -0.4 is 5.32 Å². The molecule has 0 aromatic heterocycles. The van der Waals surface area contributed by atoms with Gasteiger partial charge in [-0.25, -0.2) is 8.42 Å². The van der Waals surface area contributed by atoms with Crippen LogP contribution in [0.4, 0.5) is 5.69 Å². The van der Waals surface area contributed by atoms with E-state index < -0.39 is 9.84 Å². The van der Waals surface area contributed by atoms with Gasteiger partial charge >= 0.3 is 0 Å². The summed E-state index contributed by atoms with van der Waals surface area (Å²) in [6, 6.07) is 7.37. The smallest absolute Gasteiger partial charge is 0.150 e. The van der Waals surface area contributed by atoms with Crippen molar-refractivity contribution in [2.24, 2.45) is 5.92 Å². The molecule has 1 aliphatic rings. The Balaban J connectivity index is 1.97. The molecule has 2 rings (SSSR count). The van der Waals surface area contributed by atoms with Gasteiger partial charge in [-0.3, -0.25) is 0 Å². The third kappa shape index (κ3) is 3.24. The molecule has 0 spiro atoms. The van der Waals surface area contributed by atoms with Gasteiger partial charge in [-0.15, -0.1) is 0 Å². The van der Waals surface area contributed by atoms with Crippen LogP contribution in [-0.2, 0) is 9.84 Å². The Labute approximate surface area is 115 Å². The summed E-state index contributed by atoms with van der Waals surface area (Å²) >= 11 is 3.39. The molecule has 1 aromatic rings. The summed E-state index contributed by atoms with van der Waals surface area (Å²) in [5.74, 6) is 0.749. The third-order valence-electron chi connectivity index (χ3n) is 3.01. The van der Waals surface area contributed by atoms with Gasteiger partial charge in [-0.2, -0.15) is 5.26 Å². The highest BCUT2D eigenvalue weighted by atomic mass is 79.9. The zero-order valence-corrected chi connectivity index (χ0v) is 12.1. The molecule has 1 N–H and O–H groups in total. The summed E-state index contributed by atoms with van der Waals surface area (Å²) in [4.78, 5) is 0. The van der Waals surface area contributed by atoms with E-state index in [4.69, 9.17) is 5.26 Å². The summed E-state index contributed by atoms with van der Waals surface area (Å²) < 4.78 is 23.5. The molecule has 4 nitrogen and oxygen atoms in total. The molecule has 0 aliphatic carbocycles. The normalized spacial score (nSPS) is 21.4. The lowest BCUT2D eigenvalue weighted by molar-refractivity contribution is 0.596. The van der Waals surface area contributed by atoms with Crippen molar-refractivity contribution < 1.29 is 8.42 Å². The highest BCUT2D eigenvalue weighted by molar-refractivity contribution is 9.10. The SMILES string of the molecule is N#Cc1ccc(NCC2CCS(=O)(=O)C2)c(Br)c1. The van der Waals surface area contributed by atoms with E-state index in [9.17, 15) is 8.42 Å². The van der Waals surface area contributed by atoms with E-state index in [0.717, 1.165) is 16.6 Å². The van der Waals surface area contributed by atoms with Crippen molar-refractivity contribution in [1.29, 1.82) is 5.26 Å². The predicted molar refractivity (Wildman–Crippen MR) is 74.1 cm³/mol. The van der Waals surface area contributed by atoms with E-state index in [0.29, 0.717) is 17.9 Å². The first-order chi connectivity index (χ1) is 8.50. The zero-order valence-electron chi connectivity index (χ0n) is 9.69. The standard InChI is InChI=1S/C12H13BrN2O2S/c13-11-5-9(6-14)1-2-12(11)15-7-10-3-4-18(16,17)8-10/h1-2,5,10,15H,3-4,7-8H2. The summed E-state index contributed by atoms with van der Waals surface area (Å²) in [5.41, 5.74) is 1.48. The Hall–Kier alpha value is -1.06. The minimum atomic E-state index is -2.82. The fourth-order valence-corrected chi connectivity index (χ4v) is 4.40. The molecule has 1 aromatic carbocycles. The van der Waals surface area contributed by atoms with E-state index >= 15 is 0 Å². The number of nitrogens with one attached hydrogen (secondary N) is 1. The van der Waals surface area contributed by atoms with Crippen LogP contribution in [0.3, 0.4) is 0 Å². The zero-order chi connectivity index (χ0) is 13.2. The first-order valence-electron chi connectivity index (χ1n) is 5.64. The average molecular weight is 329 g/mol. The quantitative estimate of drug-likeness (QED) is 0.923. The molecule has 0 radical (unpaired) electrons. The molecule has 18 heavy (non-hydrogen) atoms. The number of anilines is 1. The van der Waals surface area contributed by atoms with E-state index in [2.05, 4.69) is 27.3 Å². The maximum atomic E-state index is 11.3. The lowest BCUT2D eigenvalue weighted by Gasteiger charge is -2.12. The molecule has 1 saturated heterocycles. The van der Waals surface area contributed by atoms with Crippen LogP contribution in [0.2, 0.25) is 0 Å². The molecule has 96 valence electrons. The minimum absolute atomic E-state index is 0.178. The van der Waals surface area contributed by atoms with Crippen LogP contribution in [-0.4, -0.2) is 26.5 Å². The maximum absolute atomic E-state index is 11.3. The van der Waals surface area contributed by atoms with Crippen molar-refractivity contribution in [1.82, 2.24) is 0 Å². The van der Waals surface area contributed by atoms with Gasteiger partial charge in [0.1, 0.15) is 0 Å². The molecule has 1 atom stereocenters. The van der Waals surface area contributed by atoms with E-state index in [-0.39, 0.29) is 11.7 Å². The van der Waals surface area contributed by atoms with Gasteiger partial charge in [-0.05, 0) is 46.5 Å². The van der Waals surface area contributed by atoms with Gasteiger partial charge < -0.3 is 5.32 Å². The van der Waals surface area contributed by atoms with Crippen molar-refractivity contribution >= 4 is 31.5 Å². The van der Waals surface area contributed by atoms with Crippen molar-refractivity contribution in [2.75, 3.05) is 23.4 Å². The number of halogens is 1. The predicted octanol–water partition coefficient (Wildman–Crippen LogP) is 2.17. The van der Waals surface area contributed by atoms with Gasteiger partial charge in [0, 0.05) is 16.7 Å². The first kappa shape index (κ1) is 13.4. The fraction of sp³-hybridized carbons (Fsp3) is 0.417. The summed E-state index contributed by atoms with van der Waals surface area (Å²) in [5, 5.41) is 12.0. The van der Waals surface area contributed by atoms with Crippen LogP contribution in [0.25, 0.3) is 0 Å². The second-order valence-corrected chi connectivity index (χ2v) is 7.54. The highest BCUT2D eigenvalue weighted by Crippen LogP contribution is 2.25. The fourth-order valence-electron chi connectivity index (χ4n) is 2.02. The van der Waals surface area contributed by atoms with E-state index in [1.807, 2.05) is 6.07 Å². The number of rotatable bonds is 3. The molecule has 0 amide bonds. The lowest BCUT2D eigenvalue weighted by atomic mass is 10.1. The van der Waals surface area contributed by atoms with Crippen molar-refractivity contribution in [2.45, 2.75) is 6.42 Å². The van der Waals surface area contributed by atoms with E-state index in [1.54, 1.807) is 12.1 Å². The Kier molecular flexibility index (Phi) is 3.93. The molecule has 1 aliphatic heterocycles. The van der Waals surface area contributed by atoms with Crippen LogP contribution in [0.1, 0.15) is 12.0 Å². The van der Waals surface area contributed by atoms with Gasteiger partial charge in [0.25, 0.3) is 0 Å². The molecular weight excluding hydrogens is 316 g/mol. The highest BCUT2D eigenvalue weighted by Gasteiger charge is 2.27. The maximum Gasteiger partial charge on any atom is 0.150 e. The molecule has 0 bridgehead atoms. The molecule has 6 heteroatoms. The van der Waals surface area contributed by atoms with Crippen LogP contribution in [0.5, 0.6) is 0 Å². The second-order valence-electron chi connectivity index (χ2n) is 4.46. The van der Waals surface area contributed by atoms with Gasteiger partial charge in [0.15, 0.2) is 9.84 Å². The summed E-state index contributed by atoms with van der Waals surface area (Å²) in [6.07, 6.45) is 0.725. The molecule has 1 unspecified atom stereocenters. The second kappa shape index (κ2) is 5.29. The van der Waals surface area contributed by atoms with E-state index in [1.165, 1.54) is 0 Å². The largest absolute Gasteiger partial charge is 0.384 e. The van der Waals surface area contributed by atoms with Crippen molar-refractivity contribution in [3.05, 3.63) is 28.2 Å². The van der Waals surface area contributed by atoms with Crippen molar-refractivity contribution in [3.8, 4) is 6.07 Å². The number of hydrogen-bond acceptors (Lipinski definition) is 4. The number of nitriles is 1. The number of hydrogen-bond donors (Lipinski definition) is 1. The molecular formula is C12H13BrN2O2S. The van der Waals surface area contributed by atoms with Gasteiger partial charge in [-0.1, -0.05) is 0 Å². The van der Waals surface area contributed by atoms with Crippen LogP contribution in [0.15, 0.2) is 22.7 Å². The Morgan fingerprint density at radius 2 is 2.28 bits per heavy atom. The van der Waals surface area contributed by atoms with Crippen molar-refractivity contribution in [3.63, 3.8) is 0 Å². The van der Waals surface area contributed by atoms with Gasteiger partial charge in [0.2, 0.25) is 0 Å². The topological polar surface area (TPSA) is 70.0 Å².